The van der Waals surface area contributed by atoms with E-state index in [0.29, 0.717) is 21.3 Å². The van der Waals surface area contributed by atoms with Crippen LogP contribution in [0.2, 0.25) is 0 Å². The van der Waals surface area contributed by atoms with Crippen molar-refractivity contribution < 1.29 is 4.92 Å². The summed E-state index contributed by atoms with van der Waals surface area (Å²) in [6.07, 6.45) is 0. The summed E-state index contributed by atoms with van der Waals surface area (Å²) < 4.78 is 0.578. The Morgan fingerprint density at radius 2 is 2.13 bits per heavy atom. The highest BCUT2D eigenvalue weighted by atomic mass is 79.9. The van der Waals surface area contributed by atoms with Gasteiger partial charge in [0.2, 0.25) is 0 Å². The number of benzene rings is 1. The molecule has 0 aliphatic rings. The monoisotopic (exact) mass is 267 g/mol. The van der Waals surface area contributed by atoms with Gasteiger partial charge in [0.1, 0.15) is 10.4 Å². The zero-order valence-corrected chi connectivity index (χ0v) is 9.35. The molecule has 0 unspecified atom stereocenters. The van der Waals surface area contributed by atoms with E-state index in [1.54, 1.807) is 19.1 Å². The average Bonchev–Trinajstić information content (AvgIpc) is 2.16. The first-order valence-corrected chi connectivity index (χ1v) is 4.96. The number of para-hydroxylation sites is 1. The van der Waals surface area contributed by atoms with Gasteiger partial charge < -0.3 is 0 Å². The number of nitrogens with zero attached hydrogens (tertiary/aromatic N) is 3. The minimum absolute atomic E-state index is 0.00120. The first-order chi connectivity index (χ1) is 7.09. The van der Waals surface area contributed by atoms with Crippen LogP contribution in [-0.4, -0.2) is 14.9 Å². The number of halogens is 1. The second-order valence-electron chi connectivity index (χ2n) is 2.99. The lowest BCUT2D eigenvalue weighted by atomic mass is 10.2. The summed E-state index contributed by atoms with van der Waals surface area (Å²) in [4.78, 5) is 18.5. The highest BCUT2D eigenvalue weighted by Crippen LogP contribution is 2.27. The predicted molar refractivity (Wildman–Crippen MR) is 58.6 cm³/mol. The lowest BCUT2D eigenvalue weighted by Crippen LogP contribution is -1.95. The van der Waals surface area contributed by atoms with Crippen LogP contribution in [0.4, 0.5) is 5.69 Å². The fraction of sp³-hybridized carbons (Fsp3) is 0.111. The minimum Gasteiger partial charge on any atom is -0.258 e. The maximum absolute atomic E-state index is 10.8. The number of nitro groups is 1. The van der Waals surface area contributed by atoms with Crippen molar-refractivity contribution in [3.8, 4) is 0 Å². The lowest BCUT2D eigenvalue weighted by molar-refractivity contribution is -0.383. The molecular weight excluding hydrogens is 262 g/mol. The smallest absolute Gasteiger partial charge is 0.258 e. The molecule has 0 atom stereocenters. The van der Waals surface area contributed by atoms with Crippen LogP contribution < -0.4 is 0 Å². The molecular formula is C9H6BrN3O2. The summed E-state index contributed by atoms with van der Waals surface area (Å²) in [6, 6.07) is 4.79. The maximum Gasteiger partial charge on any atom is 0.295 e. The third-order valence-corrected chi connectivity index (χ3v) is 2.57. The summed E-state index contributed by atoms with van der Waals surface area (Å²) in [5.74, 6) is 0.503. The van der Waals surface area contributed by atoms with E-state index in [1.807, 2.05) is 0 Å². The predicted octanol–water partition coefficient (Wildman–Crippen LogP) is 2.61. The quantitative estimate of drug-likeness (QED) is 0.453. The first-order valence-electron chi connectivity index (χ1n) is 4.17. The van der Waals surface area contributed by atoms with E-state index in [1.165, 1.54) is 6.07 Å². The molecule has 0 amide bonds. The van der Waals surface area contributed by atoms with E-state index >= 15 is 0 Å². The summed E-state index contributed by atoms with van der Waals surface area (Å²) in [6.45, 7) is 1.70. The van der Waals surface area contributed by atoms with Crippen molar-refractivity contribution in [2.75, 3.05) is 0 Å². The summed E-state index contributed by atoms with van der Waals surface area (Å²) in [7, 11) is 0. The largest absolute Gasteiger partial charge is 0.295 e. The van der Waals surface area contributed by atoms with Gasteiger partial charge in [-0.15, -0.1) is 0 Å². The fourth-order valence-corrected chi connectivity index (χ4v) is 1.93. The van der Waals surface area contributed by atoms with Crippen LogP contribution in [0.25, 0.3) is 10.9 Å². The van der Waals surface area contributed by atoms with E-state index < -0.39 is 4.92 Å². The van der Waals surface area contributed by atoms with Gasteiger partial charge in [-0.25, -0.2) is 9.97 Å². The Bertz CT molecular complexity index is 556. The molecule has 1 aromatic heterocycles. The summed E-state index contributed by atoms with van der Waals surface area (Å²) in [5, 5.41) is 11.4. The van der Waals surface area contributed by atoms with Gasteiger partial charge >= 0.3 is 0 Å². The Hall–Kier alpha value is -1.56. The SMILES string of the molecule is Cc1nc(Br)c2cccc([N+](=O)[O-])c2n1. The van der Waals surface area contributed by atoms with E-state index in [-0.39, 0.29) is 5.69 Å². The van der Waals surface area contributed by atoms with E-state index in [2.05, 4.69) is 25.9 Å². The Kier molecular flexibility index (Phi) is 2.36. The Morgan fingerprint density at radius 3 is 2.80 bits per heavy atom. The number of hydrogen-bond acceptors (Lipinski definition) is 4. The van der Waals surface area contributed by atoms with Crippen LogP contribution in [0.5, 0.6) is 0 Å². The minimum atomic E-state index is -0.443. The zero-order chi connectivity index (χ0) is 11.0. The van der Waals surface area contributed by atoms with Gasteiger partial charge in [0.25, 0.3) is 5.69 Å². The van der Waals surface area contributed by atoms with Gasteiger partial charge in [-0.2, -0.15) is 0 Å². The van der Waals surface area contributed by atoms with E-state index in [9.17, 15) is 10.1 Å². The molecule has 0 aliphatic heterocycles. The van der Waals surface area contributed by atoms with Crippen LogP contribution in [-0.2, 0) is 0 Å². The molecule has 1 aromatic carbocycles. The highest BCUT2D eigenvalue weighted by molar-refractivity contribution is 9.10. The van der Waals surface area contributed by atoms with Crippen LogP contribution in [0.3, 0.4) is 0 Å². The van der Waals surface area contributed by atoms with Gasteiger partial charge in [-0.05, 0) is 28.9 Å². The van der Waals surface area contributed by atoms with Crippen LogP contribution in [0, 0.1) is 17.0 Å². The van der Waals surface area contributed by atoms with Gasteiger partial charge in [0.05, 0.1) is 4.92 Å². The van der Waals surface area contributed by atoms with Crippen LogP contribution in [0.15, 0.2) is 22.8 Å². The molecule has 0 saturated heterocycles. The second kappa shape index (κ2) is 3.54. The number of nitro benzene ring substituents is 1. The molecule has 0 spiro atoms. The molecule has 0 N–H and O–H groups in total. The normalized spacial score (nSPS) is 10.5. The summed E-state index contributed by atoms with van der Waals surface area (Å²) in [5.41, 5.74) is 0.362. The molecule has 76 valence electrons. The molecule has 15 heavy (non-hydrogen) atoms. The number of hydrogen-bond donors (Lipinski definition) is 0. The van der Waals surface area contributed by atoms with E-state index in [0.717, 1.165) is 0 Å². The zero-order valence-electron chi connectivity index (χ0n) is 7.77. The van der Waals surface area contributed by atoms with Crippen LogP contribution >= 0.6 is 15.9 Å². The van der Waals surface area contributed by atoms with Crippen molar-refractivity contribution in [1.29, 1.82) is 0 Å². The van der Waals surface area contributed by atoms with Crippen molar-refractivity contribution in [1.82, 2.24) is 9.97 Å². The lowest BCUT2D eigenvalue weighted by Gasteiger charge is -2.01. The third-order valence-electron chi connectivity index (χ3n) is 1.97. The van der Waals surface area contributed by atoms with Gasteiger partial charge in [0.15, 0.2) is 5.52 Å². The summed E-state index contributed by atoms with van der Waals surface area (Å²) >= 11 is 3.26. The molecule has 0 bridgehead atoms. The number of aromatic nitrogens is 2. The van der Waals surface area contributed by atoms with Gasteiger partial charge in [-0.3, -0.25) is 10.1 Å². The molecule has 0 fully saturated rings. The second-order valence-corrected chi connectivity index (χ2v) is 3.74. The topological polar surface area (TPSA) is 68.9 Å². The fourth-order valence-electron chi connectivity index (χ4n) is 1.35. The van der Waals surface area contributed by atoms with Crippen molar-refractivity contribution in [2.24, 2.45) is 0 Å². The maximum atomic E-state index is 10.8. The number of rotatable bonds is 1. The average molecular weight is 268 g/mol. The van der Waals surface area contributed by atoms with Gasteiger partial charge in [-0.1, -0.05) is 6.07 Å². The molecule has 0 aliphatic carbocycles. The first kappa shape index (κ1) is 9.97. The third kappa shape index (κ3) is 1.68. The molecule has 2 aromatic rings. The Balaban J connectivity index is 2.91. The standard InChI is InChI=1S/C9H6BrN3O2/c1-5-11-8-6(9(10)12-5)3-2-4-7(8)13(14)15/h2-4H,1H3. The highest BCUT2D eigenvalue weighted by Gasteiger charge is 2.15. The Morgan fingerprint density at radius 1 is 1.40 bits per heavy atom. The van der Waals surface area contributed by atoms with Crippen LogP contribution in [0.1, 0.15) is 5.82 Å². The molecule has 5 nitrogen and oxygen atoms in total. The van der Waals surface area contributed by atoms with Gasteiger partial charge in [0, 0.05) is 11.5 Å². The molecule has 1 heterocycles. The number of fused-ring (bicyclic) bond motifs is 1. The van der Waals surface area contributed by atoms with Crippen molar-refractivity contribution >= 4 is 32.5 Å². The van der Waals surface area contributed by atoms with Crippen molar-refractivity contribution in [3.05, 3.63) is 38.7 Å². The van der Waals surface area contributed by atoms with E-state index in [4.69, 9.17) is 0 Å². The number of non-ortho nitro benzene ring substituents is 1. The Labute approximate surface area is 93.4 Å². The molecule has 0 saturated carbocycles. The van der Waals surface area contributed by atoms with Crippen molar-refractivity contribution in [2.45, 2.75) is 6.92 Å². The molecule has 2 rings (SSSR count). The molecule has 6 heteroatoms. The number of aryl methyl sites for hydroxylation is 1. The molecule has 0 radical (unpaired) electrons. The van der Waals surface area contributed by atoms with Crippen molar-refractivity contribution in [3.63, 3.8) is 0 Å².